The molecule has 0 radical (unpaired) electrons. The molecule has 0 spiro atoms. The van der Waals surface area contributed by atoms with Gasteiger partial charge in [0.25, 0.3) is 0 Å². The van der Waals surface area contributed by atoms with Crippen molar-refractivity contribution in [3.8, 4) is 0 Å². The third-order valence-corrected chi connectivity index (χ3v) is 4.45. The molecule has 1 saturated heterocycles. The van der Waals surface area contributed by atoms with Gasteiger partial charge in [-0.05, 0) is 43.5 Å². The van der Waals surface area contributed by atoms with Crippen LogP contribution < -0.4 is 5.32 Å². The first-order valence-electron chi connectivity index (χ1n) is 7.81. The van der Waals surface area contributed by atoms with Gasteiger partial charge in [-0.15, -0.1) is 6.58 Å². The summed E-state index contributed by atoms with van der Waals surface area (Å²) in [5.74, 6) is -1.31. The lowest BCUT2D eigenvalue weighted by molar-refractivity contribution is -0.130. The molecule has 0 aliphatic carbocycles. The van der Waals surface area contributed by atoms with Crippen LogP contribution in [-0.2, 0) is 9.53 Å². The van der Waals surface area contributed by atoms with Crippen LogP contribution in [0.3, 0.4) is 0 Å². The Hall–Kier alpha value is -2.60. The number of carboxylic acid groups (broad SMARTS) is 1. The molecule has 0 saturated carbocycles. The number of amides is 1. The molecule has 2 aromatic rings. The minimum absolute atomic E-state index is 0.0630. The van der Waals surface area contributed by atoms with Gasteiger partial charge in [0.15, 0.2) is 0 Å². The van der Waals surface area contributed by atoms with Crippen molar-refractivity contribution >= 4 is 28.5 Å². The number of carboxylic acids is 1. The number of carbonyl (C=O) groups is 2. The van der Waals surface area contributed by atoms with Crippen LogP contribution >= 0.6 is 0 Å². The number of ether oxygens (including phenoxy) is 1. The number of benzene rings is 1. The molecular formula is C18H19NO5. The number of aromatic carboxylic acids is 1. The molecule has 6 nitrogen and oxygen atoms in total. The summed E-state index contributed by atoms with van der Waals surface area (Å²) in [7, 11) is 0. The zero-order chi connectivity index (χ0) is 17.2. The van der Waals surface area contributed by atoms with Gasteiger partial charge in [0, 0.05) is 24.3 Å². The Kier molecular flexibility index (Phi) is 4.40. The molecule has 1 fully saturated rings. The fourth-order valence-corrected chi connectivity index (χ4v) is 3.05. The molecule has 1 amide bonds. The molecule has 126 valence electrons. The van der Waals surface area contributed by atoms with Gasteiger partial charge in [-0.1, -0.05) is 6.08 Å². The van der Waals surface area contributed by atoms with Crippen LogP contribution in [0.25, 0.3) is 11.0 Å². The minimum Gasteiger partial charge on any atom is -0.475 e. The van der Waals surface area contributed by atoms with E-state index in [0.717, 1.165) is 0 Å². The van der Waals surface area contributed by atoms with Gasteiger partial charge in [-0.2, -0.15) is 0 Å². The summed E-state index contributed by atoms with van der Waals surface area (Å²) in [5.41, 5.74) is 0.579. The molecule has 1 aromatic heterocycles. The second kappa shape index (κ2) is 6.49. The lowest BCUT2D eigenvalue weighted by Crippen LogP contribution is -2.40. The van der Waals surface area contributed by atoms with E-state index in [9.17, 15) is 9.59 Å². The van der Waals surface area contributed by atoms with Gasteiger partial charge in [-0.25, -0.2) is 4.79 Å². The quantitative estimate of drug-likeness (QED) is 0.820. The van der Waals surface area contributed by atoms with Gasteiger partial charge in [-0.3, -0.25) is 4.79 Å². The second-order valence-electron chi connectivity index (χ2n) is 6.01. The number of furan rings is 1. The SMILES string of the molecule is C=CCC1(C(=O)Nc2ccc3oc(C(=O)O)cc3c2)CCOCC1. The molecule has 0 unspecified atom stereocenters. The molecule has 1 aliphatic heterocycles. The van der Waals surface area contributed by atoms with E-state index in [1.54, 1.807) is 24.3 Å². The van der Waals surface area contributed by atoms with Crippen LogP contribution in [-0.4, -0.2) is 30.2 Å². The molecule has 24 heavy (non-hydrogen) atoms. The normalized spacial score (nSPS) is 16.7. The molecule has 0 atom stereocenters. The van der Waals surface area contributed by atoms with Crippen molar-refractivity contribution in [1.82, 2.24) is 0 Å². The molecule has 6 heteroatoms. The Morgan fingerprint density at radius 1 is 1.29 bits per heavy atom. The highest BCUT2D eigenvalue weighted by atomic mass is 16.5. The van der Waals surface area contributed by atoms with Crippen LogP contribution in [0.2, 0.25) is 0 Å². The van der Waals surface area contributed by atoms with Crippen LogP contribution in [0.1, 0.15) is 29.8 Å². The maximum Gasteiger partial charge on any atom is 0.371 e. The lowest BCUT2D eigenvalue weighted by atomic mass is 9.76. The maximum absolute atomic E-state index is 12.8. The van der Waals surface area contributed by atoms with Crippen LogP contribution in [0, 0.1) is 5.41 Å². The van der Waals surface area contributed by atoms with E-state index in [1.165, 1.54) is 6.07 Å². The highest BCUT2D eigenvalue weighted by molar-refractivity contribution is 5.98. The Morgan fingerprint density at radius 3 is 2.71 bits per heavy atom. The Bertz CT molecular complexity index is 786. The predicted octanol–water partition coefficient (Wildman–Crippen LogP) is 3.44. The number of hydrogen-bond acceptors (Lipinski definition) is 4. The van der Waals surface area contributed by atoms with Crippen molar-refractivity contribution in [2.24, 2.45) is 5.41 Å². The van der Waals surface area contributed by atoms with Crippen LogP contribution in [0.4, 0.5) is 5.69 Å². The Balaban J connectivity index is 1.83. The van der Waals surface area contributed by atoms with Gasteiger partial charge in [0.2, 0.25) is 11.7 Å². The third-order valence-electron chi connectivity index (χ3n) is 4.45. The number of rotatable bonds is 5. The molecular weight excluding hydrogens is 310 g/mol. The molecule has 2 heterocycles. The summed E-state index contributed by atoms with van der Waals surface area (Å²) in [6.45, 7) is 4.88. The van der Waals surface area contributed by atoms with E-state index in [-0.39, 0.29) is 11.7 Å². The van der Waals surface area contributed by atoms with Crippen LogP contribution in [0.5, 0.6) is 0 Å². The van der Waals surface area contributed by atoms with Crippen molar-refractivity contribution in [3.63, 3.8) is 0 Å². The molecule has 3 rings (SSSR count). The monoisotopic (exact) mass is 329 g/mol. The minimum atomic E-state index is -1.12. The number of fused-ring (bicyclic) bond motifs is 1. The Morgan fingerprint density at radius 2 is 2.04 bits per heavy atom. The maximum atomic E-state index is 12.8. The van der Waals surface area contributed by atoms with Gasteiger partial charge < -0.3 is 19.6 Å². The van der Waals surface area contributed by atoms with Crippen molar-refractivity contribution in [1.29, 1.82) is 0 Å². The zero-order valence-corrected chi connectivity index (χ0v) is 13.2. The van der Waals surface area contributed by atoms with Crippen molar-refractivity contribution in [2.75, 3.05) is 18.5 Å². The zero-order valence-electron chi connectivity index (χ0n) is 13.2. The van der Waals surface area contributed by atoms with E-state index in [2.05, 4.69) is 11.9 Å². The molecule has 0 bridgehead atoms. The van der Waals surface area contributed by atoms with E-state index < -0.39 is 11.4 Å². The summed E-state index contributed by atoms with van der Waals surface area (Å²) in [4.78, 5) is 23.8. The predicted molar refractivity (Wildman–Crippen MR) is 89.1 cm³/mol. The average molecular weight is 329 g/mol. The number of carbonyl (C=O) groups excluding carboxylic acids is 1. The first-order chi connectivity index (χ1) is 11.5. The standard InChI is InChI=1S/C18H19NO5/c1-2-5-18(6-8-23-9-7-18)17(22)19-13-3-4-14-12(10-13)11-15(24-14)16(20)21/h2-4,10-11H,1,5-9H2,(H,19,22)(H,20,21). The first kappa shape index (κ1) is 16.3. The van der Waals surface area contributed by atoms with Crippen molar-refractivity contribution < 1.29 is 23.8 Å². The van der Waals surface area contributed by atoms with Gasteiger partial charge in [0.05, 0.1) is 5.41 Å². The van der Waals surface area contributed by atoms with Gasteiger partial charge >= 0.3 is 5.97 Å². The topological polar surface area (TPSA) is 88.8 Å². The fraction of sp³-hybridized carbons (Fsp3) is 0.333. The first-order valence-corrected chi connectivity index (χ1v) is 7.81. The summed E-state index contributed by atoms with van der Waals surface area (Å²) < 4.78 is 10.6. The van der Waals surface area contributed by atoms with Crippen molar-refractivity contribution in [2.45, 2.75) is 19.3 Å². The van der Waals surface area contributed by atoms with E-state index in [4.69, 9.17) is 14.3 Å². The highest BCUT2D eigenvalue weighted by Crippen LogP contribution is 2.36. The van der Waals surface area contributed by atoms with E-state index in [0.29, 0.717) is 49.1 Å². The fourth-order valence-electron chi connectivity index (χ4n) is 3.05. The summed E-state index contributed by atoms with van der Waals surface area (Å²) in [6, 6.07) is 6.52. The summed E-state index contributed by atoms with van der Waals surface area (Å²) >= 11 is 0. The summed E-state index contributed by atoms with van der Waals surface area (Å²) in [5, 5.41) is 12.5. The smallest absolute Gasteiger partial charge is 0.371 e. The number of hydrogen-bond donors (Lipinski definition) is 2. The number of nitrogens with one attached hydrogen (secondary N) is 1. The summed E-state index contributed by atoms with van der Waals surface area (Å²) in [6.07, 6.45) is 3.67. The largest absolute Gasteiger partial charge is 0.475 e. The van der Waals surface area contributed by atoms with E-state index in [1.807, 2.05) is 0 Å². The Labute approximate surface area is 139 Å². The second-order valence-corrected chi connectivity index (χ2v) is 6.01. The number of allylic oxidation sites excluding steroid dienone is 1. The van der Waals surface area contributed by atoms with Crippen LogP contribution in [0.15, 0.2) is 41.3 Å². The lowest BCUT2D eigenvalue weighted by Gasteiger charge is -2.34. The average Bonchev–Trinajstić information content (AvgIpc) is 2.99. The molecule has 1 aliphatic rings. The van der Waals surface area contributed by atoms with Crippen molar-refractivity contribution in [3.05, 3.63) is 42.7 Å². The molecule has 1 aromatic carbocycles. The number of anilines is 1. The van der Waals surface area contributed by atoms with E-state index >= 15 is 0 Å². The molecule has 2 N–H and O–H groups in total. The van der Waals surface area contributed by atoms with Gasteiger partial charge in [0.1, 0.15) is 5.58 Å². The third kappa shape index (κ3) is 3.05. The highest BCUT2D eigenvalue weighted by Gasteiger charge is 2.38.